The normalized spacial score (nSPS) is 11.0. The Balaban J connectivity index is 2.08. The Kier molecular flexibility index (Phi) is 3.81. The first-order chi connectivity index (χ1) is 10.3. The lowest BCUT2D eigenvalue weighted by Gasteiger charge is -2.09. The van der Waals surface area contributed by atoms with E-state index in [0.717, 1.165) is 47.7 Å². The summed E-state index contributed by atoms with van der Waals surface area (Å²) in [6, 6.07) is 10.1. The smallest absolute Gasteiger partial charge is 0.159 e. The zero-order chi connectivity index (χ0) is 14.7. The van der Waals surface area contributed by atoms with Gasteiger partial charge in [-0.25, -0.2) is 14.6 Å². The molecule has 0 aliphatic heterocycles. The Morgan fingerprint density at radius 2 is 2.00 bits per heavy atom. The molecule has 0 aliphatic rings. The molecule has 3 aromatic rings. The number of hydrogen-bond donors (Lipinski definition) is 1. The van der Waals surface area contributed by atoms with Gasteiger partial charge in [-0.3, -0.25) is 0 Å². The molecule has 1 aromatic carbocycles. The van der Waals surface area contributed by atoms with E-state index < -0.39 is 0 Å². The Morgan fingerprint density at radius 3 is 2.81 bits per heavy atom. The first kappa shape index (κ1) is 13.5. The van der Waals surface area contributed by atoms with Gasteiger partial charge >= 0.3 is 0 Å². The SMILES string of the molecule is CCCNc1cc(-n2ncc3ccccc32)nc(CC)n1. The zero-order valence-electron chi connectivity index (χ0n) is 12.4. The third-order valence-corrected chi connectivity index (χ3v) is 3.33. The molecule has 0 amide bonds. The van der Waals surface area contributed by atoms with Gasteiger partial charge in [0.2, 0.25) is 0 Å². The van der Waals surface area contributed by atoms with Crippen molar-refractivity contribution in [3.05, 3.63) is 42.4 Å². The van der Waals surface area contributed by atoms with E-state index in [0.29, 0.717) is 0 Å². The van der Waals surface area contributed by atoms with Crippen LogP contribution in [0, 0.1) is 0 Å². The molecule has 0 bridgehead atoms. The molecule has 2 heterocycles. The number of hydrogen-bond acceptors (Lipinski definition) is 4. The van der Waals surface area contributed by atoms with E-state index in [4.69, 9.17) is 0 Å². The van der Waals surface area contributed by atoms with E-state index in [1.165, 1.54) is 0 Å². The average molecular weight is 281 g/mol. The van der Waals surface area contributed by atoms with Crippen LogP contribution in [0.15, 0.2) is 36.5 Å². The van der Waals surface area contributed by atoms with Crippen LogP contribution < -0.4 is 5.32 Å². The first-order valence-corrected chi connectivity index (χ1v) is 7.36. The van der Waals surface area contributed by atoms with Crippen molar-refractivity contribution in [3.63, 3.8) is 0 Å². The van der Waals surface area contributed by atoms with Crippen LogP contribution in [-0.2, 0) is 6.42 Å². The van der Waals surface area contributed by atoms with Crippen LogP contribution in [0.4, 0.5) is 5.82 Å². The van der Waals surface area contributed by atoms with Crippen LogP contribution in [0.3, 0.4) is 0 Å². The Hall–Kier alpha value is -2.43. The lowest BCUT2D eigenvalue weighted by molar-refractivity contribution is 0.830. The third kappa shape index (κ3) is 2.72. The molecule has 21 heavy (non-hydrogen) atoms. The Bertz CT molecular complexity index is 747. The quantitative estimate of drug-likeness (QED) is 0.780. The number of rotatable bonds is 5. The van der Waals surface area contributed by atoms with Crippen LogP contribution in [-0.4, -0.2) is 26.3 Å². The van der Waals surface area contributed by atoms with Crippen LogP contribution in [0.25, 0.3) is 16.7 Å². The summed E-state index contributed by atoms with van der Waals surface area (Å²) in [4.78, 5) is 9.12. The van der Waals surface area contributed by atoms with E-state index >= 15 is 0 Å². The number of para-hydroxylation sites is 1. The molecule has 0 unspecified atom stereocenters. The predicted octanol–water partition coefficient (Wildman–Crippen LogP) is 3.20. The summed E-state index contributed by atoms with van der Waals surface area (Å²) in [5.74, 6) is 2.49. The van der Waals surface area contributed by atoms with E-state index in [2.05, 4.69) is 46.4 Å². The van der Waals surface area contributed by atoms with Gasteiger partial charge in [-0.15, -0.1) is 0 Å². The molecule has 5 nitrogen and oxygen atoms in total. The molecule has 0 saturated carbocycles. The fourth-order valence-electron chi connectivity index (χ4n) is 2.25. The van der Waals surface area contributed by atoms with Crippen LogP contribution in [0.1, 0.15) is 26.1 Å². The minimum atomic E-state index is 0.799. The second-order valence-corrected chi connectivity index (χ2v) is 4.92. The summed E-state index contributed by atoms with van der Waals surface area (Å²) in [6.45, 7) is 5.10. The van der Waals surface area contributed by atoms with E-state index in [1.54, 1.807) is 0 Å². The van der Waals surface area contributed by atoms with Gasteiger partial charge in [-0.2, -0.15) is 5.10 Å². The van der Waals surface area contributed by atoms with E-state index in [1.807, 2.05) is 29.1 Å². The summed E-state index contributed by atoms with van der Waals surface area (Å²) in [5.41, 5.74) is 1.06. The number of anilines is 1. The van der Waals surface area contributed by atoms with E-state index in [-0.39, 0.29) is 0 Å². The number of fused-ring (bicyclic) bond motifs is 1. The zero-order valence-corrected chi connectivity index (χ0v) is 12.4. The average Bonchev–Trinajstić information content (AvgIpc) is 2.96. The van der Waals surface area contributed by atoms with Crippen molar-refractivity contribution in [1.82, 2.24) is 19.7 Å². The van der Waals surface area contributed by atoms with Crippen molar-refractivity contribution < 1.29 is 0 Å². The van der Waals surface area contributed by atoms with Gasteiger partial charge in [0, 0.05) is 24.4 Å². The van der Waals surface area contributed by atoms with Gasteiger partial charge in [0.1, 0.15) is 11.6 Å². The molecule has 0 fully saturated rings. The minimum absolute atomic E-state index is 0.799. The van der Waals surface area contributed by atoms with Crippen molar-refractivity contribution in [2.75, 3.05) is 11.9 Å². The molecular formula is C16H19N5. The largest absolute Gasteiger partial charge is 0.370 e. The van der Waals surface area contributed by atoms with Crippen molar-refractivity contribution >= 4 is 16.7 Å². The maximum atomic E-state index is 4.60. The fraction of sp³-hybridized carbons (Fsp3) is 0.312. The van der Waals surface area contributed by atoms with Crippen molar-refractivity contribution in [2.45, 2.75) is 26.7 Å². The molecule has 0 radical (unpaired) electrons. The van der Waals surface area contributed by atoms with Crippen LogP contribution in [0.5, 0.6) is 0 Å². The molecule has 108 valence electrons. The summed E-state index contributed by atoms with van der Waals surface area (Å²) >= 11 is 0. The topological polar surface area (TPSA) is 55.6 Å². The molecule has 3 rings (SSSR count). The highest BCUT2D eigenvalue weighted by Gasteiger charge is 2.09. The van der Waals surface area contributed by atoms with Crippen LogP contribution >= 0.6 is 0 Å². The molecular weight excluding hydrogens is 262 g/mol. The van der Waals surface area contributed by atoms with Crippen molar-refractivity contribution in [2.24, 2.45) is 0 Å². The number of benzene rings is 1. The van der Waals surface area contributed by atoms with Crippen LogP contribution in [0.2, 0.25) is 0 Å². The maximum absolute atomic E-state index is 4.60. The molecule has 0 saturated heterocycles. The highest BCUT2D eigenvalue weighted by molar-refractivity contribution is 5.79. The second-order valence-electron chi connectivity index (χ2n) is 4.92. The lowest BCUT2D eigenvalue weighted by Crippen LogP contribution is -2.09. The Morgan fingerprint density at radius 1 is 1.14 bits per heavy atom. The maximum Gasteiger partial charge on any atom is 0.159 e. The van der Waals surface area contributed by atoms with Crippen molar-refractivity contribution in [1.29, 1.82) is 0 Å². The number of aryl methyl sites for hydroxylation is 1. The van der Waals surface area contributed by atoms with Gasteiger partial charge in [-0.1, -0.05) is 32.0 Å². The van der Waals surface area contributed by atoms with Gasteiger partial charge in [0.25, 0.3) is 0 Å². The predicted molar refractivity (Wildman–Crippen MR) is 84.8 cm³/mol. The van der Waals surface area contributed by atoms with Crippen molar-refractivity contribution in [3.8, 4) is 5.82 Å². The first-order valence-electron chi connectivity index (χ1n) is 7.36. The Labute approximate surface area is 124 Å². The van der Waals surface area contributed by atoms with Gasteiger partial charge in [-0.05, 0) is 12.5 Å². The molecule has 0 atom stereocenters. The molecule has 2 aromatic heterocycles. The van der Waals surface area contributed by atoms with E-state index in [9.17, 15) is 0 Å². The number of nitrogens with zero attached hydrogens (tertiary/aromatic N) is 4. The standard InChI is InChI=1S/C16H19N5/c1-3-9-17-15-10-16(20-14(4-2)19-15)21-13-8-6-5-7-12(13)11-18-21/h5-8,10-11H,3-4,9H2,1-2H3,(H,17,19,20). The van der Waals surface area contributed by atoms with Gasteiger partial charge < -0.3 is 5.32 Å². The monoisotopic (exact) mass is 281 g/mol. The molecule has 1 N–H and O–H groups in total. The molecule has 0 spiro atoms. The van der Waals surface area contributed by atoms with Gasteiger partial charge in [0.05, 0.1) is 11.7 Å². The minimum Gasteiger partial charge on any atom is -0.370 e. The summed E-state index contributed by atoms with van der Waals surface area (Å²) in [7, 11) is 0. The summed E-state index contributed by atoms with van der Waals surface area (Å²) in [5, 5.41) is 8.90. The highest BCUT2D eigenvalue weighted by atomic mass is 15.3. The fourth-order valence-corrected chi connectivity index (χ4v) is 2.25. The molecule has 5 heteroatoms. The molecule has 0 aliphatic carbocycles. The second kappa shape index (κ2) is 5.91. The summed E-state index contributed by atoms with van der Waals surface area (Å²) < 4.78 is 1.87. The highest BCUT2D eigenvalue weighted by Crippen LogP contribution is 2.18. The van der Waals surface area contributed by atoms with Gasteiger partial charge in [0.15, 0.2) is 5.82 Å². The summed E-state index contributed by atoms with van der Waals surface area (Å²) in [6.07, 6.45) is 3.72. The lowest BCUT2D eigenvalue weighted by atomic mass is 10.2. The number of aromatic nitrogens is 4. The third-order valence-electron chi connectivity index (χ3n) is 3.33. The number of nitrogens with one attached hydrogen (secondary N) is 1.